The number of ether oxygens (including phenoxy) is 2. The van der Waals surface area contributed by atoms with Gasteiger partial charge in [-0.05, 0) is 12.8 Å². The van der Waals surface area contributed by atoms with Gasteiger partial charge >= 0.3 is 5.97 Å². The highest BCUT2D eigenvalue weighted by Gasteiger charge is 2.60. The molecule has 0 unspecified atom stereocenters. The van der Waals surface area contributed by atoms with Crippen LogP contribution in [0.1, 0.15) is 26.2 Å². The summed E-state index contributed by atoms with van der Waals surface area (Å²) in [6.45, 7) is 6.49. The average Bonchev–Trinajstić information content (AvgIpc) is 2.92. The molecule has 0 radical (unpaired) electrons. The second kappa shape index (κ2) is 4.60. The Kier molecular flexibility index (Phi) is 3.69. The van der Waals surface area contributed by atoms with Gasteiger partial charge in [0.25, 0.3) is 0 Å². The quantitative estimate of drug-likeness (QED) is 0.371. The van der Waals surface area contributed by atoms with Crippen LogP contribution in [0.15, 0.2) is 12.7 Å². The van der Waals surface area contributed by atoms with E-state index in [-0.39, 0.29) is 12.1 Å². The van der Waals surface area contributed by atoms with Crippen molar-refractivity contribution in [3.05, 3.63) is 12.7 Å². The fraction of sp³-hybridized carbons (Fsp3) is 0.727. The van der Waals surface area contributed by atoms with Crippen molar-refractivity contribution in [2.45, 2.75) is 32.3 Å². The Morgan fingerprint density at radius 2 is 2.43 bits per heavy atom. The fourth-order valence-corrected chi connectivity index (χ4v) is 1.53. The van der Waals surface area contributed by atoms with Crippen LogP contribution in [-0.4, -0.2) is 25.8 Å². The topological polar surface area (TPSA) is 35.5 Å². The van der Waals surface area contributed by atoms with E-state index in [0.29, 0.717) is 13.0 Å². The van der Waals surface area contributed by atoms with E-state index in [0.717, 1.165) is 12.8 Å². The monoisotopic (exact) mass is 198 g/mol. The van der Waals surface area contributed by atoms with Crippen molar-refractivity contribution in [3.63, 3.8) is 0 Å². The maximum atomic E-state index is 11.4. The molecule has 1 rings (SSSR count). The van der Waals surface area contributed by atoms with Crippen molar-refractivity contribution < 1.29 is 14.3 Å². The standard InChI is InChI=1S/C11H18O3/c1-4-6-7-14-9-8-11(9,5-2)10(12)13-3/h5,9H,2,4,6-8H2,1,3H3/t9-,11-/m1/s1. The Morgan fingerprint density at radius 1 is 1.71 bits per heavy atom. The molecule has 0 bridgehead atoms. The fourth-order valence-electron chi connectivity index (χ4n) is 1.53. The molecule has 0 aromatic carbocycles. The molecule has 0 aliphatic heterocycles. The first-order chi connectivity index (χ1) is 6.71. The third kappa shape index (κ3) is 1.98. The van der Waals surface area contributed by atoms with E-state index in [4.69, 9.17) is 9.47 Å². The summed E-state index contributed by atoms with van der Waals surface area (Å²) in [5.41, 5.74) is -0.553. The average molecular weight is 198 g/mol. The highest BCUT2D eigenvalue weighted by molar-refractivity contribution is 5.83. The molecule has 0 aromatic rings. The van der Waals surface area contributed by atoms with Crippen LogP contribution < -0.4 is 0 Å². The minimum absolute atomic E-state index is 0.0148. The number of carbonyl (C=O) groups excluding carboxylic acids is 1. The molecule has 1 aliphatic carbocycles. The zero-order valence-corrected chi connectivity index (χ0v) is 8.91. The van der Waals surface area contributed by atoms with Crippen LogP contribution in [-0.2, 0) is 14.3 Å². The van der Waals surface area contributed by atoms with Crippen LogP contribution in [0.25, 0.3) is 0 Å². The number of hydrogen-bond acceptors (Lipinski definition) is 3. The molecule has 0 saturated heterocycles. The molecule has 2 atom stereocenters. The highest BCUT2D eigenvalue weighted by Crippen LogP contribution is 2.50. The van der Waals surface area contributed by atoms with Gasteiger partial charge in [-0.25, -0.2) is 0 Å². The van der Waals surface area contributed by atoms with Crippen LogP contribution in [0.2, 0.25) is 0 Å². The normalized spacial score (nSPS) is 29.7. The molecule has 0 heterocycles. The molecular weight excluding hydrogens is 180 g/mol. The summed E-state index contributed by atoms with van der Waals surface area (Å²) in [5, 5.41) is 0. The Morgan fingerprint density at radius 3 is 2.93 bits per heavy atom. The Hall–Kier alpha value is -0.830. The minimum atomic E-state index is -0.553. The van der Waals surface area contributed by atoms with E-state index in [1.54, 1.807) is 6.08 Å². The smallest absolute Gasteiger partial charge is 0.318 e. The van der Waals surface area contributed by atoms with E-state index < -0.39 is 5.41 Å². The highest BCUT2D eigenvalue weighted by atomic mass is 16.5. The molecule has 1 saturated carbocycles. The minimum Gasteiger partial charge on any atom is -0.468 e. The summed E-state index contributed by atoms with van der Waals surface area (Å²) < 4.78 is 10.3. The molecular formula is C11H18O3. The van der Waals surface area contributed by atoms with Crippen molar-refractivity contribution in [2.24, 2.45) is 5.41 Å². The van der Waals surface area contributed by atoms with Crippen molar-refractivity contribution in [1.29, 1.82) is 0 Å². The summed E-state index contributed by atoms with van der Waals surface area (Å²) in [5.74, 6) is -0.228. The van der Waals surface area contributed by atoms with Crippen LogP contribution in [0, 0.1) is 5.41 Å². The van der Waals surface area contributed by atoms with Crippen molar-refractivity contribution >= 4 is 5.97 Å². The number of carbonyl (C=O) groups is 1. The molecule has 0 aromatic heterocycles. The zero-order chi connectivity index (χ0) is 10.6. The zero-order valence-electron chi connectivity index (χ0n) is 8.91. The second-order valence-electron chi connectivity index (χ2n) is 3.65. The van der Waals surface area contributed by atoms with Gasteiger partial charge in [-0.3, -0.25) is 4.79 Å². The number of rotatable bonds is 6. The number of esters is 1. The van der Waals surface area contributed by atoms with Gasteiger partial charge in [-0.15, -0.1) is 6.58 Å². The molecule has 0 N–H and O–H groups in total. The molecule has 3 nitrogen and oxygen atoms in total. The summed E-state index contributed by atoms with van der Waals surface area (Å²) in [7, 11) is 1.40. The van der Waals surface area contributed by atoms with Crippen LogP contribution in [0.3, 0.4) is 0 Å². The van der Waals surface area contributed by atoms with E-state index in [1.165, 1.54) is 7.11 Å². The molecule has 14 heavy (non-hydrogen) atoms. The Bertz CT molecular complexity index is 225. The SMILES string of the molecule is C=C[C@@]1(C(=O)OC)C[C@H]1OCCCC. The number of unbranched alkanes of at least 4 members (excludes halogenated alkanes) is 1. The molecule has 0 spiro atoms. The third-order valence-corrected chi connectivity index (χ3v) is 2.68. The Balaban J connectivity index is 2.38. The van der Waals surface area contributed by atoms with Gasteiger partial charge < -0.3 is 9.47 Å². The lowest BCUT2D eigenvalue weighted by Gasteiger charge is -2.09. The predicted molar refractivity (Wildman–Crippen MR) is 53.9 cm³/mol. The first-order valence-corrected chi connectivity index (χ1v) is 5.05. The van der Waals surface area contributed by atoms with Crippen molar-refractivity contribution in [1.82, 2.24) is 0 Å². The molecule has 1 aliphatic rings. The lowest BCUT2D eigenvalue weighted by atomic mass is 10.1. The maximum absolute atomic E-state index is 11.4. The number of methoxy groups -OCH3 is 1. The van der Waals surface area contributed by atoms with Crippen LogP contribution in [0.5, 0.6) is 0 Å². The molecule has 3 heteroatoms. The van der Waals surface area contributed by atoms with Crippen LogP contribution in [0.4, 0.5) is 0 Å². The van der Waals surface area contributed by atoms with E-state index >= 15 is 0 Å². The lowest BCUT2D eigenvalue weighted by Crippen LogP contribution is -2.20. The first-order valence-electron chi connectivity index (χ1n) is 5.05. The maximum Gasteiger partial charge on any atom is 0.318 e. The first kappa shape index (κ1) is 11.2. The third-order valence-electron chi connectivity index (χ3n) is 2.68. The van der Waals surface area contributed by atoms with E-state index in [2.05, 4.69) is 13.5 Å². The van der Waals surface area contributed by atoms with Gasteiger partial charge in [-0.2, -0.15) is 0 Å². The van der Waals surface area contributed by atoms with E-state index in [9.17, 15) is 4.79 Å². The van der Waals surface area contributed by atoms with E-state index in [1.807, 2.05) is 0 Å². The van der Waals surface area contributed by atoms with Crippen molar-refractivity contribution in [3.8, 4) is 0 Å². The summed E-state index contributed by atoms with van der Waals surface area (Å²) >= 11 is 0. The van der Waals surface area contributed by atoms with Gasteiger partial charge in [0, 0.05) is 6.61 Å². The summed E-state index contributed by atoms with van der Waals surface area (Å²) in [6.07, 6.45) is 4.48. The van der Waals surface area contributed by atoms with Gasteiger partial charge in [0.2, 0.25) is 0 Å². The lowest BCUT2D eigenvalue weighted by molar-refractivity contribution is -0.146. The molecule has 1 fully saturated rings. The van der Waals surface area contributed by atoms with Gasteiger partial charge in [-0.1, -0.05) is 19.4 Å². The second-order valence-corrected chi connectivity index (χ2v) is 3.65. The Labute approximate surface area is 85.1 Å². The predicted octanol–water partition coefficient (Wildman–Crippen LogP) is 1.92. The number of hydrogen-bond donors (Lipinski definition) is 0. The van der Waals surface area contributed by atoms with Gasteiger partial charge in [0.05, 0.1) is 13.2 Å². The summed E-state index contributed by atoms with van der Waals surface area (Å²) in [6, 6.07) is 0. The summed E-state index contributed by atoms with van der Waals surface area (Å²) in [4.78, 5) is 11.4. The van der Waals surface area contributed by atoms with Gasteiger partial charge in [0.15, 0.2) is 0 Å². The van der Waals surface area contributed by atoms with Crippen LogP contribution >= 0.6 is 0 Å². The van der Waals surface area contributed by atoms with Crippen molar-refractivity contribution in [2.75, 3.05) is 13.7 Å². The molecule has 0 amide bonds. The molecule has 80 valence electrons. The largest absolute Gasteiger partial charge is 0.468 e. The van der Waals surface area contributed by atoms with Gasteiger partial charge in [0.1, 0.15) is 5.41 Å².